The summed E-state index contributed by atoms with van der Waals surface area (Å²) >= 11 is 6.20. The van der Waals surface area contributed by atoms with Gasteiger partial charge in [-0.1, -0.05) is 51.1 Å². The SMILES string of the molecule is CCCCCC(C)CC(C(=O)Nc1ccc(C(=O)OC(C)C(N)C(=O)O)cc1)n1cc(OC)c(-c2cc(Cl)ccc2C#N)cc1=O. The third-order valence-electron chi connectivity index (χ3n) is 7.69. The number of carbonyl (C=O) groups is 3. The normalized spacial score (nSPS) is 13.5. The van der Waals surface area contributed by atoms with Crippen LogP contribution in [0.25, 0.3) is 11.1 Å². The van der Waals surface area contributed by atoms with Gasteiger partial charge in [0, 0.05) is 27.9 Å². The molecule has 3 aromatic rings. The van der Waals surface area contributed by atoms with Gasteiger partial charge in [0.15, 0.2) is 0 Å². The molecular formula is C34H39ClN4O7. The highest BCUT2D eigenvalue weighted by Gasteiger charge is 2.27. The summed E-state index contributed by atoms with van der Waals surface area (Å²) in [6, 6.07) is 11.8. The zero-order valence-electron chi connectivity index (χ0n) is 26.3. The first-order valence-electron chi connectivity index (χ1n) is 15.0. The summed E-state index contributed by atoms with van der Waals surface area (Å²) in [4.78, 5) is 51.0. The Morgan fingerprint density at radius 2 is 1.78 bits per heavy atom. The van der Waals surface area contributed by atoms with Crippen LogP contribution in [0, 0.1) is 17.2 Å². The summed E-state index contributed by atoms with van der Waals surface area (Å²) in [5.41, 5.74) is 6.68. The minimum absolute atomic E-state index is 0.106. The molecule has 0 spiro atoms. The minimum Gasteiger partial charge on any atom is -0.495 e. The topological polar surface area (TPSA) is 174 Å². The highest BCUT2D eigenvalue weighted by Crippen LogP contribution is 2.34. The molecule has 0 radical (unpaired) electrons. The molecule has 4 atom stereocenters. The molecule has 12 heteroatoms. The van der Waals surface area contributed by atoms with Gasteiger partial charge in [-0.3, -0.25) is 19.0 Å². The van der Waals surface area contributed by atoms with E-state index in [-0.39, 0.29) is 17.2 Å². The van der Waals surface area contributed by atoms with E-state index in [0.717, 1.165) is 25.7 Å². The second kappa shape index (κ2) is 16.6. The van der Waals surface area contributed by atoms with Gasteiger partial charge in [0.1, 0.15) is 23.9 Å². The molecule has 0 saturated carbocycles. The smallest absolute Gasteiger partial charge is 0.338 e. The summed E-state index contributed by atoms with van der Waals surface area (Å²) in [7, 11) is 1.44. The third kappa shape index (κ3) is 9.19. The van der Waals surface area contributed by atoms with Gasteiger partial charge in [-0.05, 0) is 61.7 Å². The number of carboxylic acid groups (broad SMARTS) is 1. The highest BCUT2D eigenvalue weighted by molar-refractivity contribution is 6.31. The molecule has 0 aliphatic carbocycles. The third-order valence-corrected chi connectivity index (χ3v) is 7.93. The number of aromatic nitrogens is 1. The van der Waals surface area contributed by atoms with Gasteiger partial charge in [0.2, 0.25) is 5.91 Å². The van der Waals surface area contributed by atoms with E-state index in [9.17, 15) is 24.4 Å². The number of carboxylic acids is 1. The number of anilines is 1. The number of nitriles is 1. The molecule has 0 saturated heterocycles. The van der Waals surface area contributed by atoms with Crippen molar-refractivity contribution < 1.29 is 29.0 Å². The Bertz CT molecular complexity index is 1650. The number of hydrogen-bond donors (Lipinski definition) is 3. The van der Waals surface area contributed by atoms with Crippen LogP contribution < -0.4 is 21.3 Å². The number of benzene rings is 2. The van der Waals surface area contributed by atoms with Gasteiger partial charge in [-0.25, -0.2) is 4.79 Å². The van der Waals surface area contributed by atoms with Crippen molar-refractivity contribution in [3.8, 4) is 22.9 Å². The Kier molecular flexibility index (Phi) is 12.9. The number of methoxy groups -OCH3 is 1. The van der Waals surface area contributed by atoms with Crippen LogP contribution in [0.3, 0.4) is 0 Å². The number of nitrogens with one attached hydrogen (secondary N) is 1. The largest absolute Gasteiger partial charge is 0.495 e. The van der Waals surface area contributed by atoms with Crippen molar-refractivity contribution in [1.82, 2.24) is 4.57 Å². The number of rotatable bonds is 15. The fourth-order valence-corrected chi connectivity index (χ4v) is 5.17. The van der Waals surface area contributed by atoms with Gasteiger partial charge < -0.3 is 25.6 Å². The van der Waals surface area contributed by atoms with Gasteiger partial charge in [-0.15, -0.1) is 0 Å². The lowest BCUT2D eigenvalue weighted by atomic mass is 9.94. The molecule has 244 valence electrons. The molecule has 46 heavy (non-hydrogen) atoms. The van der Waals surface area contributed by atoms with Crippen molar-refractivity contribution in [3.05, 3.63) is 81.2 Å². The lowest BCUT2D eigenvalue weighted by molar-refractivity contribution is -0.141. The van der Waals surface area contributed by atoms with Crippen LogP contribution in [0.1, 0.15) is 74.8 Å². The van der Waals surface area contributed by atoms with Crippen molar-refractivity contribution in [2.24, 2.45) is 11.7 Å². The average molecular weight is 651 g/mol. The monoisotopic (exact) mass is 650 g/mol. The fraction of sp³-hybridized carbons (Fsp3) is 0.382. The lowest BCUT2D eigenvalue weighted by Gasteiger charge is -2.24. The maximum absolute atomic E-state index is 13.8. The minimum atomic E-state index is -1.38. The van der Waals surface area contributed by atoms with E-state index < -0.39 is 41.6 Å². The Hall–Kier alpha value is -4.66. The predicted octanol–water partition coefficient (Wildman–Crippen LogP) is 5.79. The number of halogens is 1. The maximum Gasteiger partial charge on any atom is 0.338 e. The van der Waals surface area contributed by atoms with Gasteiger partial charge >= 0.3 is 11.9 Å². The molecule has 0 aliphatic heterocycles. The van der Waals surface area contributed by atoms with Crippen LogP contribution in [0.5, 0.6) is 5.75 Å². The summed E-state index contributed by atoms with van der Waals surface area (Å²) in [5.74, 6) is -2.12. The number of nitrogens with two attached hydrogens (primary N) is 1. The van der Waals surface area contributed by atoms with E-state index >= 15 is 0 Å². The second-order valence-electron chi connectivity index (χ2n) is 11.2. The summed E-state index contributed by atoms with van der Waals surface area (Å²) < 4.78 is 12.1. The zero-order chi connectivity index (χ0) is 34.0. The van der Waals surface area contributed by atoms with E-state index in [2.05, 4.69) is 18.3 Å². The van der Waals surface area contributed by atoms with E-state index in [1.165, 1.54) is 55.1 Å². The van der Waals surface area contributed by atoms with Gasteiger partial charge in [0.05, 0.1) is 30.5 Å². The molecule has 0 aliphatic rings. The van der Waals surface area contributed by atoms with E-state index in [4.69, 9.17) is 31.9 Å². The summed E-state index contributed by atoms with van der Waals surface area (Å²) in [6.45, 7) is 5.54. The fourth-order valence-electron chi connectivity index (χ4n) is 5.00. The van der Waals surface area contributed by atoms with Gasteiger partial charge in [-0.2, -0.15) is 5.26 Å². The van der Waals surface area contributed by atoms with Crippen LogP contribution >= 0.6 is 11.6 Å². The van der Waals surface area contributed by atoms with Gasteiger partial charge in [0.25, 0.3) is 5.56 Å². The lowest BCUT2D eigenvalue weighted by Crippen LogP contribution is -2.42. The Balaban J connectivity index is 1.93. The molecule has 1 aromatic heterocycles. The van der Waals surface area contributed by atoms with Crippen LogP contribution in [-0.2, 0) is 14.3 Å². The molecule has 4 unspecified atom stereocenters. The Morgan fingerprint density at radius 3 is 2.39 bits per heavy atom. The number of amides is 1. The zero-order valence-corrected chi connectivity index (χ0v) is 27.0. The van der Waals surface area contributed by atoms with Crippen LogP contribution in [0.2, 0.25) is 5.02 Å². The number of pyridine rings is 1. The molecule has 11 nitrogen and oxygen atoms in total. The molecule has 2 aromatic carbocycles. The number of aliphatic carboxylic acids is 1. The number of unbranched alkanes of at least 4 members (excludes halogenated alkanes) is 2. The predicted molar refractivity (Wildman–Crippen MR) is 175 cm³/mol. The maximum atomic E-state index is 13.8. The molecule has 1 heterocycles. The summed E-state index contributed by atoms with van der Waals surface area (Å²) in [6.07, 6.45) is 4.75. The number of ether oxygens (including phenoxy) is 2. The van der Waals surface area contributed by atoms with E-state index in [1.54, 1.807) is 18.2 Å². The number of hydrogen-bond acceptors (Lipinski definition) is 8. The molecule has 3 rings (SSSR count). The standard InChI is InChI=1S/C34H39ClN4O7/c1-5-6-7-8-20(2)15-28(32(41)38-25-13-10-22(11-14-25)34(44)46-21(3)31(37)33(42)43)39-19-29(45-4)27(17-30(39)40)26-16-24(35)12-9-23(26)18-36/h9-14,16-17,19-21,28,31H,5-8,15,37H2,1-4H3,(H,38,41)(H,42,43). The van der Waals surface area contributed by atoms with Crippen LogP contribution in [-0.4, -0.2) is 46.8 Å². The molecule has 0 fully saturated rings. The molecular weight excluding hydrogens is 612 g/mol. The number of nitrogens with zero attached hydrogens (tertiary/aromatic N) is 2. The van der Waals surface area contributed by atoms with Crippen LogP contribution in [0.15, 0.2) is 59.5 Å². The molecule has 4 N–H and O–H groups in total. The van der Waals surface area contributed by atoms with Crippen molar-refractivity contribution in [1.29, 1.82) is 5.26 Å². The van der Waals surface area contributed by atoms with Crippen molar-refractivity contribution in [2.45, 2.75) is 71.1 Å². The van der Waals surface area contributed by atoms with Crippen molar-refractivity contribution in [3.63, 3.8) is 0 Å². The number of esters is 1. The first-order chi connectivity index (χ1) is 21.9. The van der Waals surface area contributed by atoms with Crippen molar-refractivity contribution in [2.75, 3.05) is 12.4 Å². The second-order valence-corrected chi connectivity index (χ2v) is 11.6. The van der Waals surface area contributed by atoms with Crippen molar-refractivity contribution >= 4 is 35.1 Å². The Labute approximate surface area is 272 Å². The first-order valence-corrected chi connectivity index (χ1v) is 15.4. The number of carbonyl (C=O) groups excluding carboxylic acids is 2. The average Bonchev–Trinajstić information content (AvgIpc) is 3.03. The highest BCUT2D eigenvalue weighted by atomic mass is 35.5. The van der Waals surface area contributed by atoms with E-state index in [1.807, 2.05) is 6.92 Å². The molecule has 0 bridgehead atoms. The summed E-state index contributed by atoms with van der Waals surface area (Å²) in [5, 5.41) is 21.9. The van der Waals surface area contributed by atoms with Crippen LogP contribution in [0.4, 0.5) is 5.69 Å². The van der Waals surface area contributed by atoms with E-state index in [0.29, 0.717) is 33.8 Å². The first kappa shape index (κ1) is 35.8. The Morgan fingerprint density at radius 1 is 1.09 bits per heavy atom. The molecule has 1 amide bonds. The quantitative estimate of drug-likeness (QED) is 0.136.